The van der Waals surface area contributed by atoms with Gasteiger partial charge in [-0.1, -0.05) is 0 Å². The summed E-state index contributed by atoms with van der Waals surface area (Å²) in [7, 11) is 3.33. The zero-order valence-corrected chi connectivity index (χ0v) is 11.8. The molecule has 0 aromatic heterocycles. The molecule has 2 N–H and O–H groups in total. The maximum absolute atomic E-state index is 11.3. The third-order valence-corrected chi connectivity index (χ3v) is 3.61. The first-order valence-corrected chi connectivity index (χ1v) is 6.75. The smallest absolute Gasteiger partial charge is 0.323 e. The Morgan fingerprint density at radius 1 is 1.37 bits per heavy atom. The molecule has 0 radical (unpaired) electrons. The van der Waals surface area contributed by atoms with Gasteiger partial charge in [0.15, 0.2) is 0 Å². The Kier molecular flexibility index (Phi) is 7.30. The van der Waals surface area contributed by atoms with Gasteiger partial charge in [-0.15, -0.1) is 0 Å². The molecule has 1 fully saturated rings. The van der Waals surface area contributed by atoms with Gasteiger partial charge in [-0.25, -0.2) is 0 Å². The van der Waals surface area contributed by atoms with Crippen LogP contribution in [-0.2, 0) is 19.0 Å². The molecule has 1 aliphatic carbocycles. The second-order valence-electron chi connectivity index (χ2n) is 4.83. The number of carbonyl (C=O) groups is 1. The number of carboxylic acids is 1. The van der Waals surface area contributed by atoms with Crippen molar-refractivity contribution in [3.63, 3.8) is 0 Å². The normalized spacial score (nSPS) is 27.4. The average Bonchev–Trinajstić information content (AvgIpc) is 2.42. The van der Waals surface area contributed by atoms with Crippen molar-refractivity contribution in [1.29, 1.82) is 0 Å². The first-order valence-electron chi connectivity index (χ1n) is 6.75. The van der Waals surface area contributed by atoms with E-state index in [2.05, 4.69) is 5.32 Å². The first-order chi connectivity index (χ1) is 9.14. The average molecular weight is 275 g/mol. The van der Waals surface area contributed by atoms with Gasteiger partial charge >= 0.3 is 5.97 Å². The summed E-state index contributed by atoms with van der Waals surface area (Å²) in [5.74, 6) is -0.792. The van der Waals surface area contributed by atoms with Crippen LogP contribution in [-0.4, -0.2) is 63.3 Å². The zero-order chi connectivity index (χ0) is 14.1. The Labute approximate surface area is 114 Å². The van der Waals surface area contributed by atoms with Gasteiger partial charge in [0.05, 0.1) is 32.5 Å². The largest absolute Gasteiger partial charge is 0.480 e. The van der Waals surface area contributed by atoms with Gasteiger partial charge < -0.3 is 24.6 Å². The van der Waals surface area contributed by atoms with E-state index in [0.29, 0.717) is 39.3 Å². The van der Waals surface area contributed by atoms with E-state index in [4.69, 9.17) is 14.2 Å². The molecule has 0 aliphatic heterocycles. The maximum atomic E-state index is 11.3. The van der Waals surface area contributed by atoms with Crippen molar-refractivity contribution in [3.05, 3.63) is 0 Å². The highest BCUT2D eigenvalue weighted by Gasteiger charge is 2.41. The van der Waals surface area contributed by atoms with Crippen molar-refractivity contribution in [1.82, 2.24) is 5.32 Å². The zero-order valence-electron chi connectivity index (χ0n) is 11.8. The number of aliphatic carboxylic acids is 1. The van der Waals surface area contributed by atoms with Crippen molar-refractivity contribution in [3.8, 4) is 0 Å². The van der Waals surface area contributed by atoms with E-state index in [-0.39, 0.29) is 6.10 Å². The number of carboxylic acid groups (broad SMARTS) is 1. The van der Waals surface area contributed by atoms with Crippen LogP contribution in [0.4, 0.5) is 0 Å². The highest BCUT2D eigenvalue weighted by atomic mass is 16.5. The van der Waals surface area contributed by atoms with Crippen LogP contribution in [0.1, 0.15) is 25.7 Å². The highest BCUT2D eigenvalue weighted by Crippen LogP contribution is 2.30. The van der Waals surface area contributed by atoms with Crippen LogP contribution in [0.5, 0.6) is 0 Å². The van der Waals surface area contributed by atoms with Gasteiger partial charge in [0.2, 0.25) is 0 Å². The quantitative estimate of drug-likeness (QED) is 0.602. The van der Waals surface area contributed by atoms with Crippen LogP contribution in [0, 0.1) is 0 Å². The molecular weight excluding hydrogens is 250 g/mol. The Hall–Kier alpha value is -0.690. The first kappa shape index (κ1) is 16.4. The minimum atomic E-state index is -0.834. The van der Waals surface area contributed by atoms with E-state index in [1.165, 1.54) is 0 Å². The number of nitrogens with one attached hydrogen (secondary N) is 1. The molecule has 6 nitrogen and oxygen atoms in total. The van der Waals surface area contributed by atoms with E-state index in [1.807, 2.05) is 0 Å². The van der Waals surface area contributed by atoms with Gasteiger partial charge in [0, 0.05) is 13.5 Å². The lowest BCUT2D eigenvalue weighted by molar-refractivity contribution is -0.149. The molecule has 19 heavy (non-hydrogen) atoms. The second-order valence-corrected chi connectivity index (χ2v) is 4.83. The van der Waals surface area contributed by atoms with E-state index >= 15 is 0 Å². The summed E-state index contributed by atoms with van der Waals surface area (Å²) in [6, 6.07) is 0. The molecule has 6 heteroatoms. The van der Waals surface area contributed by atoms with Crippen LogP contribution in [0.2, 0.25) is 0 Å². The van der Waals surface area contributed by atoms with Crippen LogP contribution < -0.4 is 5.32 Å². The monoisotopic (exact) mass is 275 g/mol. The predicted molar refractivity (Wildman–Crippen MR) is 70.3 cm³/mol. The van der Waals surface area contributed by atoms with Crippen molar-refractivity contribution < 1.29 is 24.1 Å². The molecule has 0 amide bonds. The molecule has 0 bridgehead atoms. The number of rotatable bonds is 9. The van der Waals surface area contributed by atoms with Crippen LogP contribution in [0.3, 0.4) is 0 Å². The van der Waals surface area contributed by atoms with E-state index in [1.54, 1.807) is 14.2 Å². The molecule has 112 valence electrons. The van der Waals surface area contributed by atoms with Crippen molar-refractivity contribution in [2.24, 2.45) is 0 Å². The summed E-state index contributed by atoms with van der Waals surface area (Å²) in [5, 5.41) is 12.3. The van der Waals surface area contributed by atoms with Gasteiger partial charge in [0.1, 0.15) is 5.54 Å². The fraction of sp³-hybridized carbons (Fsp3) is 0.923. The van der Waals surface area contributed by atoms with Gasteiger partial charge in [0.25, 0.3) is 0 Å². The third-order valence-electron chi connectivity index (χ3n) is 3.61. The number of likely N-dealkylation sites (N-methyl/N-ethyl adjacent to an activating group) is 1. The summed E-state index contributed by atoms with van der Waals surface area (Å²) in [6.07, 6.45) is 2.93. The number of hydrogen-bond acceptors (Lipinski definition) is 5. The van der Waals surface area contributed by atoms with Crippen molar-refractivity contribution >= 4 is 5.97 Å². The van der Waals surface area contributed by atoms with Gasteiger partial charge in [-0.3, -0.25) is 4.79 Å². The lowest BCUT2D eigenvalue weighted by Crippen LogP contribution is -2.54. The Morgan fingerprint density at radius 3 is 2.74 bits per heavy atom. The second kappa shape index (κ2) is 8.47. The maximum Gasteiger partial charge on any atom is 0.323 e. The fourth-order valence-corrected chi connectivity index (χ4v) is 2.41. The minimum absolute atomic E-state index is 0.0108. The topological polar surface area (TPSA) is 77.0 Å². The van der Waals surface area contributed by atoms with Crippen LogP contribution >= 0.6 is 0 Å². The molecule has 0 aromatic rings. The van der Waals surface area contributed by atoms with Crippen molar-refractivity contribution in [2.45, 2.75) is 37.3 Å². The highest BCUT2D eigenvalue weighted by molar-refractivity contribution is 5.79. The Morgan fingerprint density at radius 2 is 2.11 bits per heavy atom. The van der Waals surface area contributed by atoms with Crippen LogP contribution in [0.15, 0.2) is 0 Å². The van der Waals surface area contributed by atoms with Gasteiger partial charge in [-0.2, -0.15) is 0 Å². The third kappa shape index (κ3) is 5.06. The number of ether oxygens (including phenoxy) is 3. The van der Waals surface area contributed by atoms with Crippen LogP contribution in [0.25, 0.3) is 0 Å². The lowest BCUT2D eigenvalue weighted by atomic mass is 9.80. The summed E-state index contributed by atoms with van der Waals surface area (Å²) in [6.45, 7) is 2.14. The molecule has 1 aliphatic rings. The summed E-state index contributed by atoms with van der Waals surface area (Å²) in [5.41, 5.74) is -0.834. The SMILES string of the molecule is CNC1(C(=O)O)CCCC(OCCOCCOC)C1. The molecule has 0 heterocycles. The lowest BCUT2D eigenvalue weighted by Gasteiger charge is -2.37. The summed E-state index contributed by atoms with van der Waals surface area (Å²) in [4.78, 5) is 11.3. The van der Waals surface area contributed by atoms with Gasteiger partial charge in [-0.05, 0) is 26.3 Å². The predicted octanol–water partition coefficient (Wildman–Crippen LogP) is 0.651. The number of hydrogen-bond donors (Lipinski definition) is 2. The fourth-order valence-electron chi connectivity index (χ4n) is 2.41. The standard InChI is InChI=1S/C13H25NO5/c1-14-13(12(15)16)5-3-4-11(10-13)19-9-8-18-7-6-17-2/h11,14H,3-10H2,1-2H3,(H,15,16). The molecule has 0 spiro atoms. The van der Waals surface area contributed by atoms with E-state index in [0.717, 1.165) is 12.8 Å². The summed E-state index contributed by atoms with van der Waals surface area (Å²) < 4.78 is 15.9. The molecule has 2 atom stereocenters. The summed E-state index contributed by atoms with van der Waals surface area (Å²) >= 11 is 0. The minimum Gasteiger partial charge on any atom is -0.480 e. The Bertz CT molecular complexity index is 274. The molecule has 0 saturated heterocycles. The van der Waals surface area contributed by atoms with Crippen molar-refractivity contribution in [2.75, 3.05) is 40.6 Å². The molecular formula is C13H25NO5. The van der Waals surface area contributed by atoms with E-state index < -0.39 is 11.5 Å². The molecule has 2 unspecified atom stereocenters. The molecule has 0 aromatic carbocycles. The van der Waals surface area contributed by atoms with E-state index in [9.17, 15) is 9.90 Å². The number of methoxy groups -OCH3 is 1. The molecule has 1 rings (SSSR count). The molecule has 1 saturated carbocycles. The Balaban J connectivity index is 2.25.